The van der Waals surface area contributed by atoms with Crippen molar-refractivity contribution in [2.75, 3.05) is 17.3 Å². The van der Waals surface area contributed by atoms with Crippen molar-refractivity contribution in [3.05, 3.63) is 78.1 Å². The van der Waals surface area contributed by atoms with Gasteiger partial charge in [-0.05, 0) is 54.4 Å². The maximum absolute atomic E-state index is 10.9. The highest BCUT2D eigenvalue weighted by Crippen LogP contribution is 2.33. The highest BCUT2D eigenvalue weighted by Gasteiger charge is 2.12. The standard InChI is InChI=1S/C23H21N5O2S.2ClH/c1-15-10-11-24-21(12-15)27-20-5-3-4-18(26-20)19-14-25-23(31-19)28(2)17-8-6-16(7-9-17)13-22(29)30;;/h3-12,14H,13H2,1-2H3,(H,29,30)(H,24,26,27);2*1H. The van der Waals surface area contributed by atoms with Crippen LogP contribution in [0.5, 0.6) is 0 Å². The maximum Gasteiger partial charge on any atom is 0.307 e. The molecule has 0 saturated carbocycles. The van der Waals surface area contributed by atoms with E-state index in [1.807, 2.05) is 79.7 Å². The van der Waals surface area contributed by atoms with Gasteiger partial charge in [-0.15, -0.1) is 24.8 Å². The minimum atomic E-state index is -0.840. The maximum atomic E-state index is 10.9. The zero-order valence-corrected chi connectivity index (χ0v) is 20.4. The van der Waals surface area contributed by atoms with E-state index < -0.39 is 5.97 Å². The molecule has 0 spiro atoms. The number of aromatic nitrogens is 3. The van der Waals surface area contributed by atoms with Crippen LogP contribution >= 0.6 is 36.2 Å². The second-order valence-corrected chi connectivity index (χ2v) is 8.06. The molecule has 0 aliphatic heterocycles. The fourth-order valence-electron chi connectivity index (χ4n) is 3.04. The van der Waals surface area contributed by atoms with Crippen LogP contribution in [-0.4, -0.2) is 33.1 Å². The molecule has 3 heterocycles. The number of rotatable bonds is 7. The van der Waals surface area contributed by atoms with E-state index in [9.17, 15) is 4.79 Å². The molecule has 0 aliphatic carbocycles. The van der Waals surface area contributed by atoms with E-state index in [0.29, 0.717) is 5.82 Å². The Labute approximate surface area is 208 Å². The smallest absolute Gasteiger partial charge is 0.307 e. The Bertz CT molecular complexity index is 1220. The molecule has 3 aromatic heterocycles. The van der Waals surface area contributed by atoms with Crippen LogP contribution in [0.25, 0.3) is 10.6 Å². The zero-order valence-electron chi connectivity index (χ0n) is 17.9. The molecule has 4 rings (SSSR count). The summed E-state index contributed by atoms with van der Waals surface area (Å²) in [5, 5.41) is 13.0. The van der Waals surface area contributed by atoms with Gasteiger partial charge >= 0.3 is 5.97 Å². The molecule has 0 amide bonds. The van der Waals surface area contributed by atoms with E-state index in [1.54, 1.807) is 6.20 Å². The summed E-state index contributed by atoms with van der Waals surface area (Å²) in [6.07, 6.45) is 3.59. The fourth-order valence-corrected chi connectivity index (χ4v) is 3.91. The summed E-state index contributed by atoms with van der Waals surface area (Å²) in [6.45, 7) is 2.02. The van der Waals surface area contributed by atoms with Crippen LogP contribution in [0.1, 0.15) is 11.1 Å². The molecule has 0 bridgehead atoms. The Morgan fingerprint density at radius 2 is 1.82 bits per heavy atom. The molecular formula is C23H23Cl2N5O2S. The number of anilines is 4. The number of halogens is 2. The Balaban J connectivity index is 0.00000193. The number of carboxylic acid groups (broad SMARTS) is 1. The van der Waals surface area contributed by atoms with E-state index in [1.165, 1.54) is 11.3 Å². The highest BCUT2D eigenvalue weighted by atomic mass is 35.5. The molecule has 0 atom stereocenters. The van der Waals surface area contributed by atoms with Gasteiger partial charge in [-0.3, -0.25) is 4.79 Å². The lowest BCUT2D eigenvalue weighted by molar-refractivity contribution is -0.136. The number of thiazole rings is 1. The SMILES string of the molecule is Cc1ccnc(Nc2cccc(-c3cnc(N(C)c4ccc(CC(=O)O)cc4)s3)n2)c1.Cl.Cl. The van der Waals surface area contributed by atoms with Gasteiger partial charge in [0.25, 0.3) is 0 Å². The van der Waals surface area contributed by atoms with Crippen LogP contribution < -0.4 is 10.2 Å². The topological polar surface area (TPSA) is 91.2 Å². The molecule has 10 heteroatoms. The largest absolute Gasteiger partial charge is 0.481 e. The number of hydrogen-bond acceptors (Lipinski definition) is 7. The summed E-state index contributed by atoms with van der Waals surface area (Å²) in [6, 6.07) is 17.2. The monoisotopic (exact) mass is 503 g/mol. The van der Waals surface area contributed by atoms with Crippen molar-refractivity contribution < 1.29 is 9.90 Å². The van der Waals surface area contributed by atoms with Crippen molar-refractivity contribution in [3.63, 3.8) is 0 Å². The molecule has 0 aliphatic rings. The highest BCUT2D eigenvalue weighted by molar-refractivity contribution is 7.18. The van der Waals surface area contributed by atoms with Gasteiger partial charge in [-0.25, -0.2) is 15.0 Å². The molecule has 0 radical (unpaired) electrons. The Morgan fingerprint density at radius 1 is 1.06 bits per heavy atom. The van der Waals surface area contributed by atoms with Crippen LogP contribution in [0.2, 0.25) is 0 Å². The van der Waals surface area contributed by atoms with Gasteiger partial charge in [0.15, 0.2) is 5.13 Å². The minimum absolute atomic E-state index is 0. The van der Waals surface area contributed by atoms with Gasteiger partial charge < -0.3 is 15.3 Å². The van der Waals surface area contributed by atoms with Crippen LogP contribution in [0.4, 0.5) is 22.5 Å². The first-order valence-electron chi connectivity index (χ1n) is 9.65. The molecule has 7 nitrogen and oxygen atoms in total. The first-order valence-corrected chi connectivity index (χ1v) is 10.5. The van der Waals surface area contributed by atoms with Crippen molar-refractivity contribution in [1.29, 1.82) is 0 Å². The van der Waals surface area contributed by atoms with Crippen molar-refractivity contribution in [1.82, 2.24) is 15.0 Å². The van der Waals surface area contributed by atoms with Gasteiger partial charge in [0.1, 0.15) is 11.6 Å². The van der Waals surface area contributed by atoms with Gasteiger partial charge in [-0.1, -0.05) is 29.5 Å². The van der Waals surface area contributed by atoms with E-state index in [0.717, 1.165) is 38.3 Å². The second kappa shape index (κ2) is 11.6. The molecule has 0 fully saturated rings. The van der Waals surface area contributed by atoms with Crippen molar-refractivity contribution in [2.45, 2.75) is 13.3 Å². The van der Waals surface area contributed by atoms with Crippen molar-refractivity contribution in [2.24, 2.45) is 0 Å². The minimum Gasteiger partial charge on any atom is -0.481 e. The van der Waals surface area contributed by atoms with E-state index in [-0.39, 0.29) is 31.2 Å². The van der Waals surface area contributed by atoms with Gasteiger partial charge in [-0.2, -0.15) is 0 Å². The van der Waals surface area contributed by atoms with E-state index in [2.05, 4.69) is 15.3 Å². The fraction of sp³-hybridized carbons (Fsp3) is 0.130. The predicted octanol–water partition coefficient (Wildman–Crippen LogP) is 5.89. The summed E-state index contributed by atoms with van der Waals surface area (Å²) < 4.78 is 0. The van der Waals surface area contributed by atoms with E-state index >= 15 is 0 Å². The molecular weight excluding hydrogens is 481 g/mol. The molecule has 0 saturated heterocycles. The van der Waals surface area contributed by atoms with Crippen LogP contribution in [-0.2, 0) is 11.2 Å². The van der Waals surface area contributed by atoms with Crippen molar-refractivity contribution in [3.8, 4) is 10.6 Å². The number of carbonyl (C=O) groups is 1. The molecule has 172 valence electrons. The number of pyridine rings is 2. The second-order valence-electron chi connectivity index (χ2n) is 7.05. The normalized spacial score (nSPS) is 10.0. The number of nitrogens with one attached hydrogen (secondary N) is 1. The average Bonchev–Trinajstić information content (AvgIpc) is 3.24. The lowest BCUT2D eigenvalue weighted by Crippen LogP contribution is -2.09. The third-order valence-corrected chi connectivity index (χ3v) is 5.73. The molecule has 2 N–H and O–H groups in total. The number of benzene rings is 1. The molecule has 1 aromatic carbocycles. The number of nitrogens with zero attached hydrogens (tertiary/aromatic N) is 4. The summed E-state index contributed by atoms with van der Waals surface area (Å²) in [5.41, 5.74) is 3.65. The Morgan fingerprint density at radius 3 is 2.52 bits per heavy atom. The first-order chi connectivity index (χ1) is 15.0. The predicted molar refractivity (Wildman–Crippen MR) is 138 cm³/mol. The number of carboxylic acids is 1. The van der Waals surface area contributed by atoms with E-state index in [4.69, 9.17) is 10.1 Å². The van der Waals surface area contributed by atoms with Crippen LogP contribution in [0.15, 0.2) is 67.0 Å². The third kappa shape index (κ3) is 6.64. The molecule has 0 unspecified atom stereocenters. The van der Waals surface area contributed by atoms with Gasteiger partial charge in [0.2, 0.25) is 0 Å². The Hall–Kier alpha value is -3.20. The summed E-state index contributed by atoms with van der Waals surface area (Å²) in [7, 11) is 1.93. The lowest BCUT2D eigenvalue weighted by Gasteiger charge is -2.16. The van der Waals surface area contributed by atoms with Gasteiger partial charge in [0.05, 0.1) is 17.0 Å². The Kier molecular flexibility index (Phi) is 9.16. The van der Waals surface area contributed by atoms with Crippen LogP contribution in [0, 0.1) is 6.92 Å². The van der Waals surface area contributed by atoms with Crippen molar-refractivity contribution >= 4 is 64.6 Å². The summed E-state index contributed by atoms with van der Waals surface area (Å²) in [4.78, 5) is 27.3. The summed E-state index contributed by atoms with van der Waals surface area (Å²) >= 11 is 1.54. The van der Waals surface area contributed by atoms with Gasteiger partial charge in [0, 0.05) is 25.1 Å². The summed E-state index contributed by atoms with van der Waals surface area (Å²) in [5.74, 6) is 0.627. The lowest BCUT2D eigenvalue weighted by atomic mass is 10.1. The molecule has 4 aromatic rings. The third-order valence-electron chi connectivity index (χ3n) is 4.63. The quantitative estimate of drug-likeness (QED) is 0.324. The average molecular weight is 504 g/mol. The number of hydrogen-bond donors (Lipinski definition) is 2. The number of aryl methyl sites for hydroxylation is 1. The van der Waals surface area contributed by atoms with Crippen LogP contribution in [0.3, 0.4) is 0 Å². The zero-order chi connectivity index (χ0) is 21.8. The molecule has 33 heavy (non-hydrogen) atoms. The first kappa shape index (κ1) is 26.1. The number of aliphatic carboxylic acids is 1.